The summed E-state index contributed by atoms with van der Waals surface area (Å²) < 4.78 is 0. The molecule has 0 unspecified atom stereocenters. The molecular weight excluding hydrogens is 296 g/mol. The highest BCUT2D eigenvalue weighted by molar-refractivity contribution is 7.98. The lowest BCUT2D eigenvalue weighted by Gasteiger charge is -2.05. The van der Waals surface area contributed by atoms with Gasteiger partial charge in [0, 0.05) is 21.7 Å². The van der Waals surface area contributed by atoms with E-state index in [0.29, 0.717) is 16.3 Å². The molecule has 0 aliphatic heterocycles. The summed E-state index contributed by atoms with van der Waals surface area (Å²) in [7, 11) is 0. The molecule has 0 saturated carbocycles. The molecule has 0 amide bonds. The van der Waals surface area contributed by atoms with E-state index < -0.39 is 4.92 Å². The van der Waals surface area contributed by atoms with Gasteiger partial charge in [-0.1, -0.05) is 23.7 Å². The number of nitro groups is 1. The summed E-state index contributed by atoms with van der Waals surface area (Å²) in [6.45, 7) is 0. The fourth-order valence-corrected chi connectivity index (χ4v) is 2.70. The third kappa shape index (κ3) is 3.29. The number of nitriles is 1. The molecular formula is C14H9ClN2O2S. The number of hydrogen-bond donors (Lipinski definition) is 0. The van der Waals surface area contributed by atoms with Crippen LogP contribution >= 0.6 is 23.4 Å². The van der Waals surface area contributed by atoms with Gasteiger partial charge in [0.2, 0.25) is 0 Å². The highest BCUT2D eigenvalue weighted by Gasteiger charge is 2.16. The van der Waals surface area contributed by atoms with Crippen molar-refractivity contribution in [2.24, 2.45) is 0 Å². The molecule has 4 nitrogen and oxygen atoms in total. The number of thioether (sulfide) groups is 1. The van der Waals surface area contributed by atoms with E-state index in [2.05, 4.69) is 0 Å². The molecule has 0 N–H and O–H groups in total. The summed E-state index contributed by atoms with van der Waals surface area (Å²) in [6.07, 6.45) is 0. The predicted molar refractivity (Wildman–Crippen MR) is 78.8 cm³/mol. The molecule has 2 aromatic rings. The molecule has 0 radical (unpaired) electrons. The number of halogens is 1. The minimum atomic E-state index is -0.533. The van der Waals surface area contributed by atoms with Gasteiger partial charge < -0.3 is 0 Å². The summed E-state index contributed by atoms with van der Waals surface area (Å²) >= 11 is 7.30. The van der Waals surface area contributed by atoms with E-state index >= 15 is 0 Å². The van der Waals surface area contributed by atoms with Crippen molar-refractivity contribution in [2.75, 3.05) is 0 Å². The third-order valence-corrected chi connectivity index (χ3v) is 3.96. The van der Waals surface area contributed by atoms with Crippen LogP contribution in [0.3, 0.4) is 0 Å². The van der Waals surface area contributed by atoms with E-state index in [4.69, 9.17) is 16.9 Å². The van der Waals surface area contributed by atoms with Gasteiger partial charge in [-0.2, -0.15) is 5.26 Å². The lowest BCUT2D eigenvalue weighted by Crippen LogP contribution is -1.96. The second-order valence-electron chi connectivity index (χ2n) is 3.92. The average molecular weight is 305 g/mol. The zero-order chi connectivity index (χ0) is 14.5. The van der Waals surface area contributed by atoms with E-state index in [1.54, 1.807) is 24.3 Å². The quantitative estimate of drug-likeness (QED) is 0.476. The van der Waals surface area contributed by atoms with E-state index in [1.807, 2.05) is 18.2 Å². The molecule has 2 aromatic carbocycles. The van der Waals surface area contributed by atoms with E-state index in [1.165, 1.54) is 17.8 Å². The van der Waals surface area contributed by atoms with Gasteiger partial charge in [-0.3, -0.25) is 10.1 Å². The number of rotatable bonds is 4. The third-order valence-electron chi connectivity index (χ3n) is 2.65. The smallest absolute Gasteiger partial charge is 0.258 e. The fraction of sp³-hybridized carbons (Fsp3) is 0.0714. The van der Waals surface area contributed by atoms with E-state index in [-0.39, 0.29) is 11.3 Å². The zero-order valence-corrected chi connectivity index (χ0v) is 11.8. The van der Waals surface area contributed by atoms with Gasteiger partial charge >= 0.3 is 0 Å². The van der Waals surface area contributed by atoms with E-state index in [9.17, 15) is 10.1 Å². The molecule has 0 fully saturated rings. The second-order valence-corrected chi connectivity index (χ2v) is 5.41. The summed E-state index contributed by atoms with van der Waals surface area (Å²) in [5, 5.41) is 20.6. The number of benzene rings is 2. The van der Waals surface area contributed by atoms with Crippen LogP contribution in [0.2, 0.25) is 5.02 Å². The van der Waals surface area contributed by atoms with Crippen LogP contribution in [-0.2, 0) is 5.75 Å². The summed E-state index contributed by atoms with van der Waals surface area (Å²) in [5.74, 6) is 0.492. The van der Waals surface area contributed by atoms with Crippen molar-refractivity contribution in [1.82, 2.24) is 0 Å². The minimum absolute atomic E-state index is 0.124. The Morgan fingerprint density at radius 2 is 1.95 bits per heavy atom. The van der Waals surface area contributed by atoms with Crippen molar-refractivity contribution in [3.8, 4) is 6.07 Å². The lowest BCUT2D eigenvalue weighted by atomic mass is 10.1. The van der Waals surface area contributed by atoms with Crippen LogP contribution < -0.4 is 0 Å². The van der Waals surface area contributed by atoms with Crippen molar-refractivity contribution in [3.63, 3.8) is 0 Å². The summed E-state index contributed by atoms with van der Waals surface area (Å²) in [6, 6.07) is 13.9. The van der Waals surface area contributed by atoms with Crippen LogP contribution in [0.25, 0.3) is 0 Å². The van der Waals surface area contributed by atoms with E-state index in [0.717, 1.165) is 4.90 Å². The average Bonchev–Trinajstić information content (AvgIpc) is 2.46. The van der Waals surface area contributed by atoms with Gasteiger partial charge in [-0.05, 0) is 29.8 Å². The minimum Gasteiger partial charge on any atom is -0.258 e. The Balaban J connectivity index is 2.22. The predicted octanol–water partition coefficient (Wildman–Crippen LogP) is 4.41. The molecule has 0 atom stereocenters. The molecule has 0 bridgehead atoms. The Labute approximate surface area is 125 Å². The molecule has 20 heavy (non-hydrogen) atoms. The van der Waals surface area contributed by atoms with Crippen molar-refractivity contribution in [1.29, 1.82) is 5.26 Å². The number of nitrogens with zero attached hydrogens (tertiary/aromatic N) is 2. The fourth-order valence-electron chi connectivity index (χ4n) is 1.68. The molecule has 6 heteroatoms. The highest BCUT2D eigenvalue weighted by atomic mass is 35.5. The molecule has 0 spiro atoms. The maximum Gasteiger partial charge on any atom is 0.287 e. The van der Waals surface area contributed by atoms with Crippen LogP contribution in [0.5, 0.6) is 0 Å². The molecule has 2 rings (SSSR count). The monoisotopic (exact) mass is 304 g/mol. The first-order chi connectivity index (χ1) is 9.61. The largest absolute Gasteiger partial charge is 0.287 e. The molecule has 0 saturated heterocycles. The first-order valence-electron chi connectivity index (χ1n) is 5.66. The van der Waals surface area contributed by atoms with Gasteiger partial charge in [0.1, 0.15) is 11.6 Å². The highest BCUT2D eigenvalue weighted by Crippen LogP contribution is 2.28. The first-order valence-corrected chi connectivity index (χ1v) is 7.03. The second kappa shape index (κ2) is 6.42. The van der Waals surface area contributed by atoms with Crippen molar-refractivity contribution in [3.05, 3.63) is 68.7 Å². The molecule has 100 valence electrons. The number of nitro benzene ring substituents is 1. The summed E-state index contributed by atoms with van der Waals surface area (Å²) in [4.78, 5) is 11.3. The Morgan fingerprint density at radius 3 is 2.55 bits per heavy atom. The van der Waals surface area contributed by atoms with Gasteiger partial charge in [-0.25, -0.2) is 0 Å². The van der Waals surface area contributed by atoms with Crippen molar-refractivity contribution < 1.29 is 4.92 Å². The van der Waals surface area contributed by atoms with Crippen LogP contribution in [-0.4, -0.2) is 4.92 Å². The Bertz CT molecular complexity index is 681. The topological polar surface area (TPSA) is 66.9 Å². The maximum absolute atomic E-state index is 10.9. The van der Waals surface area contributed by atoms with Crippen LogP contribution in [0.15, 0.2) is 47.4 Å². The Kier molecular flexibility index (Phi) is 4.61. The standard InChI is InChI=1S/C14H9ClN2O2S/c15-11-4-6-12(7-5-11)20-9-10-2-1-3-14(17(18)19)13(10)8-16/h1-7H,9H2. The van der Waals surface area contributed by atoms with Crippen LogP contribution in [0.1, 0.15) is 11.1 Å². The summed E-state index contributed by atoms with van der Waals surface area (Å²) in [5.41, 5.74) is 0.627. The van der Waals surface area contributed by atoms with Crippen molar-refractivity contribution in [2.45, 2.75) is 10.6 Å². The molecule has 0 aliphatic carbocycles. The van der Waals surface area contributed by atoms with Gasteiger partial charge in [0.25, 0.3) is 5.69 Å². The van der Waals surface area contributed by atoms with Gasteiger partial charge in [0.15, 0.2) is 0 Å². The first kappa shape index (κ1) is 14.4. The zero-order valence-electron chi connectivity index (χ0n) is 10.2. The van der Waals surface area contributed by atoms with Crippen LogP contribution in [0, 0.1) is 21.4 Å². The normalized spacial score (nSPS) is 10.0. The van der Waals surface area contributed by atoms with Crippen LogP contribution in [0.4, 0.5) is 5.69 Å². The van der Waals surface area contributed by atoms with Gasteiger partial charge in [-0.15, -0.1) is 11.8 Å². The molecule has 0 aromatic heterocycles. The SMILES string of the molecule is N#Cc1c(CSc2ccc(Cl)cc2)cccc1[N+](=O)[O-]. The number of hydrogen-bond acceptors (Lipinski definition) is 4. The Morgan fingerprint density at radius 1 is 1.25 bits per heavy atom. The lowest BCUT2D eigenvalue weighted by molar-refractivity contribution is -0.385. The van der Waals surface area contributed by atoms with Gasteiger partial charge in [0.05, 0.1) is 4.92 Å². The maximum atomic E-state index is 10.9. The molecule has 0 heterocycles. The van der Waals surface area contributed by atoms with Crippen molar-refractivity contribution >= 4 is 29.1 Å². The Hall–Kier alpha value is -2.03. The molecule has 0 aliphatic rings.